The second-order valence-electron chi connectivity index (χ2n) is 9.91. The molecule has 0 aromatic heterocycles. The molecule has 0 bridgehead atoms. The molecule has 3 rings (SSSR count). The van der Waals surface area contributed by atoms with E-state index in [9.17, 15) is 19.8 Å². The molecular weight excluding hydrogens is 356 g/mol. The predicted octanol–water partition coefficient (Wildman–Crippen LogP) is 4.71. The van der Waals surface area contributed by atoms with E-state index in [0.717, 1.165) is 5.56 Å². The van der Waals surface area contributed by atoms with Crippen molar-refractivity contribution in [2.24, 2.45) is 5.41 Å². The van der Waals surface area contributed by atoms with E-state index in [0.29, 0.717) is 29.5 Å². The smallest absolute Gasteiger partial charge is 0.302 e. The fraction of sp³-hybridized carbons (Fsp3) is 0.565. The lowest BCUT2D eigenvalue weighted by Crippen LogP contribution is -2.50. The maximum absolute atomic E-state index is 13.1. The Balaban J connectivity index is 2.24. The van der Waals surface area contributed by atoms with Gasteiger partial charge in [0, 0.05) is 23.3 Å². The highest BCUT2D eigenvalue weighted by Gasteiger charge is 2.55. The van der Waals surface area contributed by atoms with Crippen molar-refractivity contribution >= 4 is 11.8 Å². The molecule has 0 radical (unpaired) electrons. The van der Waals surface area contributed by atoms with E-state index in [1.807, 2.05) is 41.5 Å². The number of benzene rings is 1. The number of esters is 1. The molecule has 152 valence electrons. The quantitative estimate of drug-likeness (QED) is 0.683. The van der Waals surface area contributed by atoms with E-state index in [-0.39, 0.29) is 22.9 Å². The van der Waals surface area contributed by atoms with Crippen molar-refractivity contribution in [2.45, 2.75) is 78.2 Å². The van der Waals surface area contributed by atoms with Crippen molar-refractivity contribution in [3.05, 3.63) is 40.2 Å². The fourth-order valence-electron chi connectivity index (χ4n) is 5.09. The van der Waals surface area contributed by atoms with Gasteiger partial charge in [0.1, 0.15) is 11.9 Å². The van der Waals surface area contributed by atoms with Crippen LogP contribution in [0.5, 0.6) is 5.75 Å². The van der Waals surface area contributed by atoms with Gasteiger partial charge in [-0.2, -0.15) is 0 Å². The number of ketones is 1. The number of fused-ring (bicyclic) bond motifs is 3. The molecule has 1 aromatic rings. The summed E-state index contributed by atoms with van der Waals surface area (Å²) in [4.78, 5) is 24.7. The lowest BCUT2D eigenvalue weighted by atomic mass is 9.53. The van der Waals surface area contributed by atoms with Crippen LogP contribution in [0.25, 0.3) is 0 Å². The molecule has 0 amide bonds. The Kier molecular flexibility index (Phi) is 4.45. The van der Waals surface area contributed by atoms with Gasteiger partial charge in [-0.25, -0.2) is 0 Å². The van der Waals surface area contributed by atoms with Crippen LogP contribution in [0.4, 0.5) is 0 Å². The first-order valence-corrected chi connectivity index (χ1v) is 9.75. The Bertz CT molecular complexity index is 900. The fourth-order valence-corrected chi connectivity index (χ4v) is 5.09. The van der Waals surface area contributed by atoms with Gasteiger partial charge in [0.15, 0.2) is 5.76 Å². The molecule has 0 heterocycles. The van der Waals surface area contributed by atoms with E-state index < -0.39 is 22.7 Å². The van der Waals surface area contributed by atoms with Crippen LogP contribution in [0.1, 0.15) is 82.8 Å². The van der Waals surface area contributed by atoms with Gasteiger partial charge >= 0.3 is 5.97 Å². The lowest BCUT2D eigenvalue weighted by molar-refractivity contribution is -0.153. The molecule has 0 spiro atoms. The molecule has 0 saturated heterocycles. The molecule has 2 aliphatic rings. The van der Waals surface area contributed by atoms with Gasteiger partial charge < -0.3 is 14.9 Å². The Morgan fingerprint density at radius 3 is 2.32 bits per heavy atom. The van der Waals surface area contributed by atoms with E-state index in [4.69, 9.17) is 4.74 Å². The summed E-state index contributed by atoms with van der Waals surface area (Å²) >= 11 is 0. The second-order valence-corrected chi connectivity index (χ2v) is 9.91. The maximum atomic E-state index is 13.1. The van der Waals surface area contributed by atoms with Crippen molar-refractivity contribution in [3.8, 4) is 5.75 Å². The van der Waals surface area contributed by atoms with E-state index in [2.05, 4.69) is 0 Å². The topological polar surface area (TPSA) is 83.8 Å². The van der Waals surface area contributed by atoms with Gasteiger partial charge in [0.05, 0.1) is 0 Å². The van der Waals surface area contributed by atoms with Crippen LogP contribution < -0.4 is 0 Å². The van der Waals surface area contributed by atoms with Gasteiger partial charge in [-0.3, -0.25) is 9.59 Å². The third-order valence-corrected chi connectivity index (χ3v) is 6.45. The number of aliphatic hydroxyl groups excluding tert-OH is 1. The summed E-state index contributed by atoms with van der Waals surface area (Å²) in [6.45, 7) is 13.1. The molecule has 1 aromatic carbocycles. The number of phenolic OH excluding ortho intramolecular Hbond substituents is 1. The summed E-state index contributed by atoms with van der Waals surface area (Å²) in [6, 6.07) is 3.40. The molecule has 0 aliphatic heterocycles. The molecule has 2 N–H and O–H groups in total. The lowest BCUT2D eigenvalue weighted by Gasteiger charge is -2.52. The number of aliphatic hydroxyl groups is 1. The Labute approximate surface area is 166 Å². The van der Waals surface area contributed by atoms with Crippen molar-refractivity contribution in [3.63, 3.8) is 0 Å². The number of carbonyl (C=O) groups excluding carboxylic acids is 2. The van der Waals surface area contributed by atoms with Crippen molar-refractivity contribution in [1.29, 1.82) is 0 Å². The van der Waals surface area contributed by atoms with Gasteiger partial charge in [0.2, 0.25) is 5.78 Å². The molecule has 28 heavy (non-hydrogen) atoms. The minimum Gasteiger partial charge on any atom is -0.508 e. The standard InChI is InChI=1S/C23H30O5/c1-12(24)28-17-8-9-23(7)14-11-16(25)15(21(2,3)4)10-13(14)18(26)19(27)20(23)22(17,5)6/h10-11,17,25,27H,8-9H2,1-7H3/t17-,23+/m0/s1. The summed E-state index contributed by atoms with van der Waals surface area (Å²) in [5.41, 5.74) is 0.741. The van der Waals surface area contributed by atoms with Crippen LogP contribution >= 0.6 is 0 Å². The minimum atomic E-state index is -0.714. The number of allylic oxidation sites excluding steroid dienone is 1. The van der Waals surface area contributed by atoms with E-state index >= 15 is 0 Å². The zero-order chi connectivity index (χ0) is 21.2. The SMILES string of the molecule is CC(=O)O[C@H]1CC[C@@]2(C)C(=C(O)C(=O)c3cc(C(C)(C)C)c(O)cc32)C1(C)C. The second kappa shape index (κ2) is 6.10. The number of hydrogen-bond acceptors (Lipinski definition) is 5. The highest BCUT2D eigenvalue weighted by atomic mass is 16.5. The number of ether oxygens (including phenoxy) is 1. The highest BCUT2D eigenvalue weighted by Crippen LogP contribution is 2.57. The van der Waals surface area contributed by atoms with Crippen LogP contribution in [0.2, 0.25) is 0 Å². The summed E-state index contributed by atoms with van der Waals surface area (Å²) in [5.74, 6) is -0.926. The first kappa shape index (κ1) is 20.4. The van der Waals surface area contributed by atoms with Crippen LogP contribution in [0.3, 0.4) is 0 Å². The third-order valence-electron chi connectivity index (χ3n) is 6.45. The van der Waals surface area contributed by atoms with Gasteiger partial charge in [-0.15, -0.1) is 0 Å². The van der Waals surface area contributed by atoms with Crippen LogP contribution in [-0.2, 0) is 20.4 Å². The van der Waals surface area contributed by atoms with Crippen molar-refractivity contribution in [1.82, 2.24) is 0 Å². The van der Waals surface area contributed by atoms with Gasteiger partial charge in [-0.1, -0.05) is 41.5 Å². The Hall–Kier alpha value is -2.30. The number of hydrogen-bond donors (Lipinski definition) is 2. The molecule has 1 fully saturated rings. The monoisotopic (exact) mass is 386 g/mol. The molecular formula is C23H30O5. The molecule has 5 nitrogen and oxygen atoms in total. The summed E-state index contributed by atoms with van der Waals surface area (Å²) < 4.78 is 5.51. The molecule has 2 aliphatic carbocycles. The summed E-state index contributed by atoms with van der Waals surface area (Å²) in [5, 5.41) is 21.7. The molecule has 0 unspecified atom stereocenters. The van der Waals surface area contributed by atoms with E-state index in [1.54, 1.807) is 12.1 Å². The minimum absolute atomic E-state index is 0.154. The average Bonchev–Trinajstić information content (AvgIpc) is 2.54. The first-order valence-electron chi connectivity index (χ1n) is 9.75. The zero-order valence-corrected chi connectivity index (χ0v) is 17.8. The van der Waals surface area contributed by atoms with Gasteiger partial charge in [0.25, 0.3) is 0 Å². The largest absolute Gasteiger partial charge is 0.508 e. The summed E-state index contributed by atoms with van der Waals surface area (Å²) in [6.07, 6.45) is 0.782. The number of rotatable bonds is 1. The maximum Gasteiger partial charge on any atom is 0.302 e. The predicted molar refractivity (Wildman–Crippen MR) is 107 cm³/mol. The average molecular weight is 386 g/mol. The summed E-state index contributed by atoms with van der Waals surface area (Å²) in [7, 11) is 0. The number of carbonyl (C=O) groups is 2. The zero-order valence-electron chi connectivity index (χ0n) is 17.8. The normalized spacial score (nSPS) is 26.5. The molecule has 2 atom stereocenters. The van der Waals surface area contributed by atoms with Crippen LogP contribution in [0, 0.1) is 5.41 Å². The van der Waals surface area contributed by atoms with E-state index in [1.165, 1.54) is 6.92 Å². The van der Waals surface area contributed by atoms with Crippen LogP contribution in [-0.4, -0.2) is 28.1 Å². The first-order chi connectivity index (χ1) is 12.7. The van der Waals surface area contributed by atoms with Crippen molar-refractivity contribution < 1.29 is 24.5 Å². The number of aromatic hydroxyl groups is 1. The Morgan fingerprint density at radius 2 is 1.79 bits per heavy atom. The third kappa shape index (κ3) is 2.83. The molecule has 1 saturated carbocycles. The number of Topliss-reactive ketones (excluding diaryl/α,β-unsaturated/α-hetero) is 1. The van der Waals surface area contributed by atoms with Crippen molar-refractivity contribution in [2.75, 3.05) is 0 Å². The number of phenols is 1. The molecule has 5 heteroatoms. The van der Waals surface area contributed by atoms with Gasteiger partial charge in [-0.05, 0) is 47.1 Å². The Morgan fingerprint density at radius 1 is 1.18 bits per heavy atom. The van der Waals surface area contributed by atoms with Crippen LogP contribution in [0.15, 0.2) is 23.5 Å². The highest BCUT2D eigenvalue weighted by molar-refractivity contribution is 6.11.